The van der Waals surface area contributed by atoms with Crippen LogP contribution in [0.3, 0.4) is 0 Å². The van der Waals surface area contributed by atoms with Crippen LogP contribution in [0.5, 0.6) is 0 Å². The van der Waals surface area contributed by atoms with Crippen LogP contribution in [-0.2, 0) is 11.8 Å². The Labute approximate surface area is 153 Å². The molecule has 9 heteroatoms. The number of aromatic nitrogens is 1. The summed E-state index contributed by atoms with van der Waals surface area (Å²) in [6, 6.07) is 0. The second kappa shape index (κ2) is 13.0. The zero-order valence-corrected chi connectivity index (χ0v) is 16.4. The molecule has 26 heavy (non-hydrogen) atoms. The molecule has 0 atom stereocenters. The third-order valence-corrected chi connectivity index (χ3v) is 2.47. The van der Waals surface area contributed by atoms with Crippen molar-refractivity contribution >= 4 is 23.7 Å². The van der Waals surface area contributed by atoms with Crippen LogP contribution in [0.4, 0.5) is 29.3 Å². The lowest BCUT2D eigenvalue weighted by Crippen LogP contribution is -2.32. The summed E-state index contributed by atoms with van der Waals surface area (Å²) < 4.78 is 40.9. The number of hydrogen-bond donors (Lipinski definition) is 3. The Morgan fingerprint density at radius 1 is 1.27 bits per heavy atom. The summed E-state index contributed by atoms with van der Waals surface area (Å²) >= 11 is 0. The number of carbonyl (C=O) groups excluding carboxylic acids is 1. The number of aryl methyl sites for hydroxylation is 1. The largest absolute Gasteiger partial charge is 0.444 e. The van der Waals surface area contributed by atoms with Gasteiger partial charge in [0.05, 0.1) is 19.3 Å². The van der Waals surface area contributed by atoms with E-state index in [4.69, 9.17) is 10.1 Å². The molecule has 0 saturated heterocycles. The summed E-state index contributed by atoms with van der Waals surface area (Å²) in [6.07, 6.45) is 0.912. The Balaban J connectivity index is 0. The summed E-state index contributed by atoms with van der Waals surface area (Å²) in [5, 5.41) is 12.5. The van der Waals surface area contributed by atoms with E-state index >= 15 is 0 Å². The molecule has 0 spiro atoms. The van der Waals surface area contributed by atoms with Crippen LogP contribution >= 0.6 is 0 Å². The van der Waals surface area contributed by atoms with Crippen LogP contribution in [0, 0.1) is 5.41 Å². The van der Waals surface area contributed by atoms with Gasteiger partial charge in [0.2, 0.25) is 0 Å². The van der Waals surface area contributed by atoms with Crippen LogP contribution in [0.2, 0.25) is 0 Å². The number of pyridine rings is 1. The highest BCUT2D eigenvalue weighted by molar-refractivity contribution is 5.97. The third-order valence-electron chi connectivity index (χ3n) is 2.47. The molecule has 1 aromatic heterocycles. The monoisotopic (exact) mass is 379 g/mol. The maximum absolute atomic E-state index is 12.3. The number of rotatable bonds is 5. The Bertz CT molecular complexity index is 562. The standard InChI is InChI=1S/C14H20F2N4O2.C2H6.CH3F/c1-14(2,3)22-13(21)19-11-8-20(4)7-10(9(11)5-17)18-6-12(15)16;2*1-2/h5,7-8,12H,6H2,1-4H3,(H2-,17,18,19,21);1-2H3;1H3/p+1. The molecule has 1 rings (SSSR count). The van der Waals surface area contributed by atoms with Gasteiger partial charge in [0.15, 0.2) is 12.4 Å². The molecule has 0 aromatic carbocycles. The van der Waals surface area contributed by atoms with Crippen LogP contribution in [0.25, 0.3) is 0 Å². The number of nitrogens with zero attached hydrogens (tertiary/aromatic N) is 1. The molecule has 150 valence electrons. The fourth-order valence-electron chi connectivity index (χ4n) is 1.73. The van der Waals surface area contributed by atoms with Crippen LogP contribution in [0.15, 0.2) is 12.4 Å². The molecule has 0 radical (unpaired) electrons. The molecule has 1 aromatic rings. The molecular weight excluding hydrogens is 349 g/mol. The van der Waals surface area contributed by atoms with Crippen molar-refractivity contribution in [2.75, 3.05) is 24.4 Å². The highest BCUT2D eigenvalue weighted by atomic mass is 19.3. The van der Waals surface area contributed by atoms with E-state index in [-0.39, 0.29) is 0 Å². The summed E-state index contributed by atoms with van der Waals surface area (Å²) in [6.45, 7) is 8.64. The maximum Gasteiger partial charge on any atom is 0.412 e. The average molecular weight is 379 g/mol. The fourth-order valence-corrected chi connectivity index (χ4v) is 1.73. The minimum Gasteiger partial charge on any atom is -0.444 e. The number of anilines is 2. The zero-order valence-electron chi connectivity index (χ0n) is 16.4. The number of nitrogens with one attached hydrogen (secondary N) is 3. The summed E-state index contributed by atoms with van der Waals surface area (Å²) in [4.78, 5) is 11.8. The van der Waals surface area contributed by atoms with Crippen molar-refractivity contribution in [3.05, 3.63) is 18.0 Å². The highest BCUT2D eigenvalue weighted by Crippen LogP contribution is 2.21. The first-order chi connectivity index (χ1) is 12.1. The molecule has 1 heterocycles. The SMILES string of the molecule is CC.CF.C[n+]1cc(NCC(F)F)c(C=N)c(NC(=O)OC(C)(C)C)c1. The average Bonchev–Trinajstić information content (AvgIpc) is 2.54. The van der Waals surface area contributed by atoms with Crippen LogP contribution < -0.4 is 15.2 Å². The van der Waals surface area contributed by atoms with E-state index in [9.17, 15) is 18.0 Å². The second-order valence-corrected chi connectivity index (χ2v) is 5.71. The van der Waals surface area contributed by atoms with Crippen molar-refractivity contribution in [3.63, 3.8) is 0 Å². The third kappa shape index (κ3) is 10.5. The summed E-state index contributed by atoms with van der Waals surface area (Å²) in [7, 11) is 2.18. The van der Waals surface area contributed by atoms with Gasteiger partial charge < -0.3 is 15.5 Å². The summed E-state index contributed by atoms with van der Waals surface area (Å²) in [5.41, 5.74) is 0.254. The number of halogens is 3. The van der Waals surface area contributed by atoms with Gasteiger partial charge in [0, 0.05) is 6.21 Å². The molecule has 0 aliphatic heterocycles. The molecule has 6 nitrogen and oxygen atoms in total. The maximum atomic E-state index is 12.3. The first-order valence-electron chi connectivity index (χ1n) is 8.06. The topological polar surface area (TPSA) is 78.1 Å². The van der Waals surface area contributed by atoms with Gasteiger partial charge in [-0.3, -0.25) is 9.71 Å². The smallest absolute Gasteiger partial charge is 0.412 e. The molecular formula is C17H30F3N4O2+. The minimum absolute atomic E-state index is 0.296. The number of carbonyl (C=O) groups is 1. The molecule has 3 N–H and O–H groups in total. The van der Waals surface area contributed by atoms with Gasteiger partial charge in [-0.05, 0) is 20.8 Å². The van der Waals surface area contributed by atoms with E-state index in [1.54, 1.807) is 44.8 Å². The molecule has 0 saturated carbocycles. The lowest BCUT2D eigenvalue weighted by atomic mass is 10.2. The Hall–Kier alpha value is -2.32. The first-order valence-corrected chi connectivity index (χ1v) is 8.06. The predicted octanol–water partition coefficient (Wildman–Crippen LogP) is 4.14. The van der Waals surface area contributed by atoms with Gasteiger partial charge in [-0.1, -0.05) is 13.8 Å². The van der Waals surface area contributed by atoms with Crippen molar-refractivity contribution in [2.45, 2.75) is 46.6 Å². The van der Waals surface area contributed by atoms with E-state index in [1.807, 2.05) is 13.8 Å². The quantitative estimate of drug-likeness (QED) is 0.531. The van der Waals surface area contributed by atoms with Crippen molar-refractivity contribution in [1.82, 2.24) is 0 Å². The lowest BCUT2D eigenvalue weighted by Gasteiger charge is -2.20. The molecule has 1 amide bonds. The van der Waals surface area contributed by atoms with Crippen LogP contribution in [-0.4, -0.2) is 38.1 Å². The molecule has 0 aliphatic carbocycles. The van der Waals surface area contributed by atoms with E-state index < -0.39 is 24.7 Å². The van der Waals surface area contributed by atoms with Crippen molar-refractivity contribution < 1.29 is 27.3 Å². The van der Waals surface area contributed by atoms with Gasteiger partial charge >= 0.3 is 6.09 Å². The van der Waals surface area contributed by atoms with E-state index in [1.165, 1.54) is 0 Å². The van der Waals surface area contributed by atoms with Gasteiger partial charge in [-0.15, -0.1) is 0 Å². The zero-order chi connectivity index (χ0) is 20.9. The highest BCUT2D eigenvalue weighted by Gasteiger charge is 2.20. The fraction of sp³-hybridized carbons (Fsp3) is 0.588. The van der Waals surface area contributed by atoms with Gasteiger partial charge in [0.1, 0.15) is 24.0 Å². The van der Waals surface area contributed by atoms with Gasteiger partial charge in [0.25, 0.3) is 6.43 Å². The van der Waals surface area contributed by atoms with E-state index in [0.717, 1.165) is 6.21 Å². The predicted molar refractivity (Wildman–Crippen MR) is 98.2 cm³/mol. The minimum atomic E-state index is -2.52. The van der Waals surface area contributed by atoms with Gasteiger partial charge in [-0.2, -0.15) is 0 Å². The molecule has 0 aliphatic rings. The van der Waals surface area contributed by atoms with Crippen molar-refractivity contribution in [1.29, 1.82) is 5.41 Å². The van der Waals surface area contributed by atoms with Crippen molar-refractivity contribution in [2.24, 2.45) is 7.05 Å². The van der Waals surface area contributed by atoms with Crippen LogP contribution in [0.1, 0.15) is 40.2 Å². The van der Waals surface area contributed by atoms with Crippen molar-refractivity contribution in [3.8, 4) is 0 Å². The Morgan fingerprint density at radius 2 is 1.77 bits per heavy atom. The van der Waals surface area contributed by atoms with E-state index in [2.05, 4.69) is 10.6 Å². The first kappa shape index (κ1) is 25.9. The second-order valence-electron chi connectivity index (χ2n) is 5.71. The normalized spacial score (nSPS) is 9.96. The number of alkyl halides is 3. The number of ether oxygens (including phenoxy) is 1. The molecule has 0 unspecified atom stereocenters. The Kier molecular flexibility index (Phi) is 12.9. The number of hydrogen-bond acceptors (Lipinski definition) is 4. The number of amides is 1. The molecule has 0 fully saturated rings. The molecule has 0 bridgehead atoms. The summed E-state index contributed by atoms with van der Waals surface area (Å²) in [5.74, 6) is 0. The van der Waals surface area contributed by atoms with E-state index in [0.29, 0.717) is 24.1 Å². The Morgan fingerprint density at radius 3 is 2.19 bits per heavy atom. The van der Waals surface area contributed by atoms with Gasteiger partial charge in [-0.25, -0.2) is 18.1 Å². The lowest BCUT2D eigenvalue weighted by molar-refractivity contribution is -0.670.